The van der Waals surface area contributed by atoms with Crippen molar-refractivity contribution in [3.05, 3.63) is 89.5 Å². The Labute approximate surface area is 207 Å². The molecule has 1 aliphatic heterocycles. The number of carbonyl (C=O) groups excluding carboxylic acids is 1. The van der Waals surface area contributed by atoms with E-state index in [4.69, 9.17) is 16.3 Å². The maximum absolute atomic E-state index is 13.4. The lowest BCUT2D eigenvalue weighted by Crippen LogP contribution is -2.49. The summed E-state index contributed by atoms with van der Waals surface area (Å²) in [6.45, 7) is 2.28. The van der Waals surface area contributed by atoms with Crippen molar-refractivity contribution >= 4 is 23.2 Å². The summed E-state index contributed by atoms with van der Waals surface area (Å²) in [5.41, 5.74) is 2.34. The Hall–Kier alpha value is -3.91. The van der Waals surface area contributed by atoms with Crippen LogP contribution in [-0.2, 0) is 0 Å². The Morgan fingerprint density at radius 3 is 2.29 bits per heavy atom. The predicted molar refractivity (Wildman–Crippen MR) is 133 cm³/mol. The van der Waals surface area contributed by atoms with E-state index in [1.807, 2.05) is 42.5 Å². The van der Waals surface area contributed by atoms with Crippen molar-refractivity contribution in [2.75, 3.05) is 38.2 Å². The highest BCUT2D eigenvalue weighted by Crippen LogP contribution is 2.27. The van der Waals surface area contributed by atoms with Crippen molar-refractivity contribution < 1.29 is 13.9 Å². The number of carbonyl (C=O) groups is 1. The maximum Gasteiger partial charge on any atom is 0.293 e. The summed E-state index contributed by atoms with van der Waals surface area (Å²) in [4.78, 5) is 21.9. The standard InChI is InChI=1S/C26H23ClFN5O2/c1-35-21-12-6-18(7-13-21)25-29-24(30-33(25)23-5-3-2-4-22(23)27)26(34)32-16-14-31(15-17-32)20-10-8-19(28)9-11-20/h2-13H,14-17H2,1H3. The van der Waals surface area contributed by atoms with Gasteiger partial charge in [0.2, 0.25) is 5.82 Å². The lowest BCUT2D eigenvalue weighted by atomic mass is 10.2. The highest BCUT2D eigenvalue weighted by atomic mass is 35.5. The second-order valence-electron chi connectivity index (χ2n) is 8.11. The molecule has 1 amide bonds. The molecule has 2 heterocycles. The Morgan fingerprint density at radius 2 is 1.63 bits per heavy atom. The van der Waals surface area contributed by atoms with Gasteiger partial charge in [0.15, 0.2) is 5.82 Å². The van der Waals surface area contributed by atoms with Crippen LogP contribution < -0.4 is 9.64 Å². The van der Waals surface area contributed by atoms with Crippen molar-refractivity contribution in [1.29, 1.82) is 0 Å². The number of hydrogen-bond acceptors (Lipinski definition) is 5. The van der Waals surface area contributed by atoms with Crippen LogP contribution in [0, 0.1) is 5.82 Å². The zero-order chi connectivity index (χ0) is 24.4. The summed E-state index contributed by atoms with van der Waals surface area (Å²) >= 11 is 6.45. The van der Waals surface area contributed by atoms with Crippen LogP contribution >= 0.6 is 11.6 Å². The summed E-state index contributed by atoms with van der Waals surface area (Å²) in [5.74, 6) is 0.813. The lowest BCUT2D eigenvalue weighted by Gasteiger charge is -2.35. The molecule has 0 aliphatic carbocycles. The maximum atomic E-state index is 13.4. The molecule has 1 fully saturated rings. The first-order chi connectivity index (χ1) is 17.0. The second kappa shape index (κ2) is 9.76. The number of amides is 1. The van der Waals surface area contributed by atoms with Crippen LogP contribution in [0.1, 0.15) is 10.6 Å². The third-order valence-electron chi connectivity index (χ3n) is 5.99. The summed E-state index contributed by atoms with van der Waals surface area (Å²) in [7, 11) is 1.61. The van der Waals surface area contributed by atoms with Gasteiger partial charge in [-0.2, -0.15) is 0 Å². The quantitative estimate of drug-likeness (QED) is 0.405. The van der Waals surface area contributed by atoms with E-state index in [0.29, 0.717) is 48.5 Å². The highest BCUT2D eigenvalue weighted by molar-refractivity contribution is 6.32. The fraction of sp³-hybridized carbons (Fsp3) is 0.192. The molecule has 9 heteroatoms. The molecule has 4 aromatic rings. The Kier molecular flexibility index (Phi) is 6.37. The molecule has 0 saturated carbocycles. The minimum atomic E-state index is -0.268. The van der Waals surface area contributed by atoms with Gasteiger partial charge in [-0.25, -0.2) is 14.1 Å². The summed E-state index contributed by atoms with van der Waals surface area (Å²) < 4.78 is 20.1. The number of piperazine rings is 1. The molecule has 5 rings (SSSR count). The van der Waals surface area contributed by atoms with E-state index in [1.54, 1.807) is 34.9 Å². The predicted octanol–water partition coefficient (Wildman–Crippen LogP) is 4.70. The fourth-order valence-electron chi connectivity index (χ4n) is 4.08. The molecule has 0 N–H and O–H groups in total. The SMILES string of the molecule is COc1ccc(-c2nc(C(=O)N3CCN(c4ccc(F)cc4)CC3)nn2-c2ccccc2Cl)cc1. The third-order valence-corrected chi connectivity index (χ3v) is 6.31. The van der Waals surface area contributed by atoms with E-state index < -0.39 is 0 Å². The largest absolute Gasteiger partial charge is 0.497 e. The Morgan fingerprint density at radius 1 is 0.943 bits per heavy atom. The third kappa shape index (κ3) is 4.70. The number of halogens is 2. The molecule has 0 bridgehead atoms. The number of ether oxygens (including phenoxy) is 1. The molecule has 0 atom stereocenters. The van der Waals surface area contributed by atoms with Gasteiger partial charge in [0, 0.05) is 37.4 Å². The van der Waals surface area contributed by atoms with Gasteiger partial charge in [-0.1, -0.05) is 23.7 Å². The van der Waals surface area contributed by atoms with Gasteiger partial charge >= 0.3 is 0 Å². The van der Waals surface area contributed by atoms with Gasteiger partial charge in [-0.3, -0.25) is 4.79 Å². The number of aromatic nitrogens is 3. The number of rotatable bonds is 5. The molecule has 0 spiro atoms. The van der Waals surface area contributed by atoms with Crippen LogP contribution in [0.2, 0.25) is 5.02 Å². The molecule has 1 saturated heterocycles. The monoisotopic (exact) mass is 491 g/mol. The van der Waals surface area contributed by atoms with E-state index in [1.165, 1.54) is 12.1 Å². The van der Waals surface area contributed by atoms with Gasteiger partial charge < -0.3 is 14.5 Å². The molecular formula is C26H23ClFN5O2. The summed E-state index contributed by atoms with van der Waals surface area (Å²) in [6.07, 6.45) is 0. The van der Waals surface area contributed by atoms with Crippen LogP contribution in [-0.4, -0.2) is 58.9 Å². The minimum Gasteiger partial charge on any atom is -0.497 e. The molecule has 1 aromatic heterocycles. The molecule has 0 unspecified atom stereocenters. The normalized spacial score (nSPS) is 13.7. The number of nitrogens with zero attached hydrogens (tertiary/aromatic N) is 5. The van der Waals surface area contributed by atoms with Crippen molar-refractivity contribution in [2.24, 2.45) is 0 Å². The first-order valence-corrected chi connectivity index (χ1v) is 11.6. The average Bonchev–Trinajstić information content (AvgIpc) is 3.34. The van der Waals surface area contributed by atoms with Gasteiger partial charge in [0.05, 0.1) is 17.8 Å². The van der Waals surface area contributed by atoms with Crippen LogP contribution in [0.5, 0.6) is 5.75 Å². The van der Waals surface area contributed by atoms with Crippen molar-refractivity contribution in [2.45, 2.75) is 0 Å². The first-order valence-electron chi connectivity index (χ1n) is 11.2. The number of benzene rings is 3. The van der Waals surface area contributed by atoms with E-state index in [-0.39, 0.29) is 17.5 Å². The van der Waals surface area contributed by atoms with E-state index in [0.717, 1.165) is 11.3 Å². The van der Waals surface area contributed by atoms with Gasteiger partial charge in [0.25, 0.3) is 5.91 Å². The molecule has 3 aromatic carbocycles. The van der Waals surface area contributed by atoms with Gasteiger partial charge in [-0.05, 0) is 60.7 Å². The molecule has 178 valence electrons. The zero-order valence-electron chi connectivity index (χ0n) is 19.1. The smallest absolute Gasteiger partial charge is 0.293 e. The van der Waals surface area contributed by atoms with E-state index in [9.17, 15) is 9.18 Å². The number of hydrogen-bond donors (Lipinski definition) is 0. The van der Waals surface area contributed by atoms with Crippen molar-refractivity contribution in [3.63, 3.8) is 0 Å². The van der Waals surface area contributed by atoms with E-state index >= 15 is 0 Å². The molecular weight excluding hydrogens is 469 g/mol. The van der Waals surface area contributed by atoms with Crippen LogP contribution in [0.4, 0.5) is 10.1 Å². The second-order valence-corrected chi connectivity index (χ2v) is 8.51. The minimum absolute atomic E-state index is 0.103. The number of para-hydroxylation sites is 1. The van der Waals surface area contributed by atoms with Crippen molar-refractivity contribution in [1.82, 2.24) is 19.7 Å². The number of anilines is 1. The molecule has 1 aliphatic rings. The van der Waals surface area contributed by atoms with Gasteiger partial charge in [0.1, 0.15) is 11.6 Å². The molecule has 35 heavy (non-hydrogen) atoms. The fourth-order valence-corrected chi connectivity index (χ4v) is 4.30. The first kappa shape index (κ1) is 22.9. The zero-order valence-corrected chi connectivity index (χ0v) is 19.8. The summed E-state index contributed by atoms with van der Waals surface area (Å²) in [5, 5.41) is 5.06. The molecule has 7 nitrogen and oxygen atoms in total. The summed E-state index contributed by atoms with van der Waals surface area (Å²) in [6, 6.07) is 21.1. The van der Waals surface area contributed by atoms with Gasteiger partial charge in [-0.15, -0.1) is 5.10 Å². The van der Waals surface area contributed by atoms with Crippen LogP contribution in [0.3, 0.4) is 0 Å². The van der Waals surface area contributed by atoms with Crippen LogP contribution in [0.25, 0.3) is 17.1 Å². The lowest BCUT2D eigenvalue weighted by molar-refractivity contribution is 0.0734. The highest BCUT2D eigenvalue weighted by Gasteiger charge is 2.27. The Bertz CT molecular complexity index is 1330. The van der Waals surface area contributed by atoms with Crippen LogP contribution in [0.15, 0.2) is 72.8 Å². The Balaban J connectivity index is 1.42. The molecule has 0 radical (unpaired) electrons. The van der Waals surface area contributed by atoms with E-state index in [2.05, 4.69) is 15.0 Å². The topological polar surface area (TPSA) is 63.5 Å². The number of methoxy groups -OCH3 is 1. The average molecular weight is 492 g/mol. The van der Waals surface area contributed by atoms with Crippen molar-refractivity contribution in [3.8, 4) is 22.8 Å².